The molecular weight excluding hydrogens is 350 g/mol. The molecule has 1 amide bonds. The molecule has 5 nitrogen and oxygen atoms in total. The lowest BCUT2D eigenvalue weighted by Crippen LogP contribution is -2.23. The highest BCUT2D eigenvalue weighted by Crippen LogP contribution is 2.38. The van der Waals surface area contributed by atoms with Gasteiger partial charge in [0.15, 0.2) is 4.91 Å². The van der Waals surface area contributed by atoms with Crippen LogP contribution in [0.2, 0.25) is 0 Å². The quantitative estimate of drug-likeness (QED) is 0.875. The number of carbonyl (C=O) groups excluding carboxylic acids is 1. The molecule has 1 heterocycles. The Morgan fingerprint density at radius 3 is 2.52 bits per heavy atom. The maximum atomic E-state index is 13.8. The first-order chi connectivity index (χ1) is 11.9. The van der Waals surface area contributed by atoms with Crippen molar-refractivity contribution in [2.45, 2.75) is 11.8 Å². The van der Waals surface area contributed by atoms with Crippen LogP contribution in [0.4, 0.5) is 14.5 Å². The predicted molar refractivity (Wildman–Crippen MR) is 89.2 cm³/mol. The van der Waals surface area contributed by atoms with Crippen molar-refractivity contribution in [1.82, 2.24) is 5.32 Å². The summed E-state index contributed by atoms with van der Waals surface area (Å²) in [7, 11) is -4.05. The van der Waals surface area contributed by atoms with E-state index in [1.807, 2.05) is 0 Å². The molecule has 2 aromatic carbocycles. The Bertz CT molecular complexity index is 1000. The van der Waals surface area contributed by atoms with Crippen molar-refractivity contribution in [3.63, 3.8) is 0 Å². The van der Waals surface area contributed by atoms with Gasteiger partial charge < -0.3 is 10.6 Å². The van der Waals surface area contributed by atoms with E-state index in [1.54, 1.807) is 25.1 Å². The van der Waals surface area contributed by atoms with Gasteiger partial charge >= 0.3 is 0 Å². The fourth-order valence-electron chi connectivity index (χ4n) is 2.63. The van der Waals surface area contributed by atoms with Crippen LogP contribution < -0.4 is 10.6 Å². The van der Waals surface area contributed by atoms with Crippen LogP contribution >= 0.6 is 0 Å². The van der Waals surface area contributed by atoms with E-state index in [1.165, 1.54) is 6.07 Å². The van der Waals surface area contributed by atoms with Gasteiger partial charge in [0.1, 0.15) is 11.6 Å². The number of halogens is 2. The van der Waals surface area contributed by atoms with Crippen LogP contribution in [0.5, 0.6) is 0 Å². The summed E-state index contributed by atoms with van der Waals surface area (Å²) in [6.07, 6.45) is 0. The molecule has 0 saturated carbocycles. The van der Waals surface area contributed by atoms with E-state index in [-0.39, 0.29) is 16.3 Å². The molecule has 8 heteroatoms. The fraction of sp³-hybridized carbons (Fsp3) is 0.118. The molecular formula is C17H14F2N2O3S. The largest absolute Gasteiger partial charge is 0.384 e. The molecule has 0 unspecified atom stereocenters. The summed E-state index contributed by atoms with van der Waals surface area (Å²) in [5, 5.41) is 5.08. The maximum Gasteiger partial charge on any atom is 0.269 e. The third-order valence-corrected chi connectivity index (χ3v) is 5.54. The Morgan fingerprint density at radius 1 is 1.12 bits per heavy atom. The van der Waals surface area contributed by atoms with Crippen LogP contribution in [0, 0.1) is 11.6 Å². The molecule has 0 bridgehead atoms. The smallest absolute Gasteiger partial charge is 0.269 e. The monoisotopic (exact) mass is 364 g/mol. The summed E-state index contributed by atoms with van der Waals surface area (Å²) in [5.74, 6) is -2.78. The maximum absolute atomic E-state index is 13.8. The van der Waals surface area contributed by atoms with Crippen LogP contribution in [-0.4, -0.2) is 20.9 Å². The zero-order valence-corrected chi connectivity index (χ0v) is 14.0. The summed E-state index contributed by atoms with van der Waals surface area (Å²) >= 11 is 0. The number of sulfone groups is 1. The van der Waals surface area contributed by atoms with Crippen molar-refractivity contribution in [3.8, 4) is 0 Å². The van der Waals surface area contributed by atoms with E-state index < -0.39 is 32.3 Å². The van der Waals surface area contributed by atoms with Crippen LogP contribution in [0.25, 0.3) is 5.70 Å². The number of hydrogen-bond donors (Lipinski definition) is 2. The van der Waals surface area contributed by atoms with Crippen molar-refractivity contribution >= 4 is 27.1 Å². The van der Waals surface area contributed by atoms with Crippen molar-refractivity contribution < 1.29 is 22.0 Å². The molecule has 0 spiro atoms. The van der Waals surface area contributed by atoms with E-state index >= 15 is 0 Å². The number of carbonyl (C=O) groups is 1. The van der Waals surface area contributed by atoms with Crippen molar-refractivity contribution in [3.05, 3.63) is 64.6 Å². The topological polar surface area (TPSA) is 75.3 Å². The standard InChI is InChI=1S/C17H14F2N2O3S/c1-2-20-15-11-5-3-4-6-14(11)25(23,24)16(15)17(22)21-13-8-7-10(18)9-12(13)19/h3-9,20H,2H2,1H3,(H,21,22). The molecule has 0 aliphatic carbocycles. The van der Waals surface area contributed by atoms with E-state index in [9.17, 15) is 22.0 Å². The molecule has 1 aliphatic rings. The molecule has 0 fully saturated rings. The van der Waals surface area contributed by atoms with Crippen molar-refractivity contribution in [1.29, 1.82) is 0 Å². The Kier molecular flexibility index (Phi) is 4.30. The Morgan fingerprint density at radius 2 is 1.84 bits per heavy atom. The minimum atomic E-state index is -4.05. The average molecular weight is 364 g/mol. The molecule has 2 N–H and O–H groups in total. The first-order valence-corrected chi connectivity index (χ1v) is 8.93. The van der Waals surface area contributed by atoms with Crippen LogP contribution in [-0.2, 0) is 14.6 Å². The van der Waals surface area contributed by atoms with Gasteiger partial charge in [0.2, 0.25) is 9.84 Å². The predicted octanol–water partition coefficient (Wildman–Crippen LogP) is 2.67. The Hall–Kier alpha value is -2.74. The Balaban J connectivity index is 2.07. The first kappa shape index (κ1) is 17.1. The minimum absolute atomic E-state index is 0.00989. The second-order valence-corrected chi connectivity index (χ2v) is 7.17. The minimum Gasteiger partial charge on any atom is -0.384 e. The third kappa shape index (κ3) is 2.89. The highest BCUT2D eigenvalue weighted by Gasteiger charge is 2.39. The zero-order chi connectivity index (χ0) is 18.2. The van der Waals surface area contributed by atoms with Gasteiger partial charge in [0.25, 0.3) is 5.91 Å². The van der Waals surface area contributed by atoms with Gasteiger partial charge in [-0.05, 0) is 25.1 Å². The van der Waals surface area contributed by atoms with Gasteiger partial charge in [-0.15, -0.1) is 0 Å². The van der Waals surface area contributed by atoms with E-state index in [2.05, 4.69) is 10.6 Å². The molecule has 0 saturated heterocycles. The van der Waals surface area contributed by atoms with Gasteiger partial charge in [-0.2, -0.15) is 0 Å². The van der Waals surface area contributed by atoms with Gasteiger partial charge in [0, 0.05) is 18.2 Å². The van der Waals surface area contributed by atoms with E-state index in [0.717, 1.165) is 12.1 Å². The molecule has 130 valence electrons. The summed E-state index contributed by atoms with van der Waals surface area (Å²) in [6, 6.07) is 8.81. The van der Waals surface area contributed by atoms with Gasteiger partial charge in [-0.25, -0.2) is 17.2 Å². The number of rotatable bonds is 4. The van der Waals surface area contributed by atoms with E-state index in [4.69, 9.17) is 0 Å². The van der Waals surface area contributed by atoms with E-state index in [0.29, 0.717) is 18.2 Å². The summed E-state index contributed by atoms with van der Waals surface area (Å²) in [6.45, 7) is 2.15. The van der Waals surface area contributed by atoms with Crippen LogP contribution in [0.3, 0.4) is 0 Å². The number of amides is 1. The second-order valence-electron chi connectivity index (χ2n) is 5.31. The van der Waals surface area contributed by atoms with Crippen LogP contribution in [0.15, 0.2) is 52.3 Å². The number of hydrogen-bond acceptors (Lipinski definition) is 4. The van der Waals surface area contributed by atoms with Gasteiger partial charge in [-0.3, -0.25) is 4.79 Å². The fourth-order valence-corrected chi connectivity index (χ4v) is 4.32. The molecule has 1 aliphatic heterocycles. The van der Waals surface area contributed by atoms with Gasteiger partial charge in [-0.1, -0.05) is 18.2 Å². The number of anilines is 1. The number of fused-ring (bicyclic) bond motifs is 1. The molecule has 3 rings (SSSR count). The van der Waals surface area contributed by atoms with Crippen LogP contribution in [0.1, 0.15) is 12.5 Å². The molecule has 0 radical (unpaired) electrons. The lowest BCUT2D eigenvalue weighted by molar-refractivity contribution is -0.112. The Labute approximate surface area is 143 Å². The SMILES string of the molecule is CCNC1=C(C(=O)Nc2ccc(F)cc2F)S(=O)(=O)c2ccccc21. The van der Waals surface area contributed by atoms with Gasteiger partial charge in [0.05, 0.1) is 16.3 Å². The number of benzene rings is 2. The summed E-state index contributed by atoms with van der Waals surface area (Å²) < 4.78 is 52.2. The summed E-state index contributed by atoms with van der Waals surface area (Å²) in [5.41, 5.74) is 0.244. The average Bonchev–Trinajstić information content (AvgIpc) is 2.78. The zero-order valence-electron chi connectivity index (χ0n) is 13.1. The normalized spacial score (nSPS) is 15.0. The molecule has 2 aromatic rings. The van der Waals surface area contributed by atoms with Crippen molar-refractivity contribution in [2.75, 3.05) is 11.9 Å². The highest BCUT2D eigenvalue weighted by molar-refractivity contribution is 7.97. The third-order valence-electron chi connectivity index (χ3n) is 3.68. The molecule has 0 aromatic heterocycles. The molecule has 25 heavy (non-hydrogen) atoms. The summed E-state index contributed by atoms with van der Waals surface area (Å²) in [4.78, 5) is 12.1. The highest BCUT2D eigenvalue weighted by atomic mass is 32.2. The van der Waals surface area contributed by atoms with Crippen molar-refractivity contribution in [2.24, 2.45) is 0 Å². The lowest BCUT2D eigenvalue weighted by atomic mass is 10.1. The molecule has 0 atom stereocenters. The lowest BCUT2D eigenvalue weighted by Gasteiger charge is -2.10. The second kappa shape index (κ2) is 6.29. The number of nitrogens with one attached hydrogen (secondary N) is 2. The first-order valence-electron chi connectivity index (χ1n) is 7.45.